The fourth-order valence-electron chi connectivity index (χ4n) is 5.85. The first kappa shape index (κ1) is 45.1. The van der Waals surface area contributed by atoms with Gasteiger partial charge in [-0.25, -0.2) is 14.0 Å². The first-order valence-corrected chi connectivity index (χ1v) is 17.9. The molecule has 0 radical (unpaired) electrons. The van der Waals surface area contributed by atoms with Crippen LogP contribution in [0, 0.1) is 18.7 Å². The van der Waals surface area contributed by atoms with Crippen molar-refractivity contribution in [3.8, 4) is 17.1 Å². The quantitative estimate of drug-likeness (QED) is 0.0296. The molecule has 18 nitrogen and oxygen atoms in total. The van der Waals surface area contributed by atoms with Crippen molar-refractivity contribution in [2.75, 3.05) is 13.3 Å². The molecule has 0 aliphatic rings. The number of rotatable bonds is 24. The molecule has 3 amide bonds. The number of hydrogen-bond donors (Lipinski definition) is 7. The summed E-state index contributed by atoms with van der Waals surface area (Å²) in [7, 11) is 0. The number of furan rings is 1. The van der Waals surface area contributed by atoms with E-state index in [9.17, 15) is 48.2 Å². The Kier molecular flexibility index (Phi) is 17.1. The van der Waals surface area contributed by atoms with E-state index in [1.165, 1.54) is 49.4 Å². The standard InChI is InChI=1S/C38H45FN4O14/c1-4-6-7-10-23(27(5-2)43(20-44)57-38(54)33-21(3)9-8-11-25(33)39)34(49)40-19-41-36(51)29-15-14-28(56-29)22-12-13-24(30(16-22)55-18-32(47)48)35(50)42-26(37(52)53)17-31(45)46/h8-9,11-16,20,23,26-27,35,42,50H,4-7,10,17-19H2,1-3H3,(H,40,49)(H,41,51)(H,45,46)(H,47,48)(H,52,53)/t23-,26+,27-,35?/m1/s1. The van der Waals surface area contributed by atoms with E-state index in [1.807, 2.05) is 6.92 Å². The first-order chi connectivity index (χ1) is 27.1. The number of aliphatic hydroxyl groups excluding tert-OH is 1. The molecule has 0 aliphatic heterocycles. The smallest absolute Gasteiger partial charge is 0.366 e. The monoisotopic (exact) mass is 800 g/mol. The van der Waals surface area contributed by atoms with Crippen LogP contribution in [0.25, 0.3) is 11.3 Å². The van der Waals surface area contributed by atoms with E-state index in [-0.39, 0.29) is 53.5 Å². The third-order valence-electron chi connectivity index (χ3n) is 8.70. The highest BCUT2D eigenvalue weighted by atomic mass is 19.1. The van der Waals surface area contributed by atoms with Crippen molar-refractivity contribution < 1.29 is 72.4 Å². The Morgan fingerprint density at radius 2 is 1.70 bits per heavy atom. The van der Waals surface area contributed by atoms with Gasteiger partial charge in [0.1, 0.15) is 35.2 Å². The summed E-state index contributed by atoms with van der Waals surface area (Å²) in [5.74, 6) is -8.86. The minimum atomic E-state index is -1.80. The zero-order valence-electron chi connectivity index (χ0n) is 31.4. The SMILES string of the molecule is CCCCC[C@@H](C(=O)NCNC(=O)c1ccc(-c2ccc(C(O)N[C@@H](CC(=O)O)C(=O)O)c(OCC(=O)O)c2)o1)[C@@H](CC)N(C=O)OC(=O)c1c(C)cccc1F. The lowest BCUT2D eigenvalue weighted by molar-refractivity contribution is -0.171. The summed E-state index contributed by atoms with van der Waals surface area (Å²) in [4.78, 5) is 90.7. The Morgan fingerprint density at radius 1 is 0.965 bits per heavy atom. The number of aliphatic hydroxyl groups is 1. The summed E-state index contributed by atoms with van der Waals surface area (Å²) in [6.45, 7) is 3.92. The van der Waals surface area contributed by atoms with Gasteiger partial charge >= 0.3 is 23.9 Å². The Balaban J connectivity index is 1.73. The second-order valence-electron chi connectivity index (χ2n) is 12.7. The molecule has 3 rings (SSSR count). The minimum absolute atomic E-state index is 0.0866. The molecule has 0 bridgehead atoms. The summed E-state index contributed by atoms with van der Waals surface area (Å²) < 4.78 is 25.4. The average molecular weight is 801 g/mol. The van der Waals surface area contributed by atoms with Crippen molar-refractivity contribution in [1.82, 2.24) is 21.0 Å². The summed E-state index contributed by atoms with van der Waals surface area (Å²) in [5, 5.41) is 46.2. The maximum Gasteiger partial charge on any atom is 0.366 e. The lowest BCUT2D eigenvalue weighted by atomic mass is 9.90. The van der Waals surface area contributed by atoms with E-state index in [1.54, 1.807) is 6.92 Å². The van der Waals surface area contributed by atoms with Crippen molar-refractivity contribution >= 4 is 42.1 Å². The van der Waals surface area contributed by atoms with Crippen LogP contribution in [0.1, 0.15) is 90.6 Å². The number of carboxylic acid groups (broad SMARTS) is 3. The molecule has 57 heavy (non-hydrogen) atoms. The molecule has 1 heterocycles. The molecule has 19 heteroatoms. The van der Waals surface area contributed by atoms with Gasteiger partial charge in [0.05, 0.1) is 25.0 Å². The van der Waals surface area contributed by atoms with Crippen LogP contribution in [0.15, 0.2) is 52.9 Å². The lowest BCUT2D eigenvalue weighted by Gasteiger charge is -2.32. The molecule has 1 unspecified atom stereocenters. The molecule has 4 atom stereocenters. The highest BCUT2D eigenvalue weighted by Gasteiger charge is 2.34. The topological polar surface area (TPSA) is 271 Å². The van der Waals surface area contributed by atoms with Crippen LogP contribution in [0.2, 0.25) is 0 Å². The number of aliphatic carboxylic acids is 3. The number of carbonyl (C=O) groups is 7. The van der Waals surface area contributed by atoms with Gasteiger partial charge in [-0.2, -0.15) is 5.06 Å². The fourth-order valence-corrected chi connectivity index (χ4v) is 5.85. The van der Waals surface area contributed by atoms with Crippen LogP contribution in [-0.2, 0) is 28.8 Å². The van der Waals surface area contributed by atoms with Crippen LogP contribution in [-0.4, -0.2) is 93.0 Å². The number of unbranched alkanes of at least 4 members (excludes halogenated alkanes) is 2. The zero-order chi connectivity index (χ0) is 42.2. The highest BCUT2D eigenvalue weighted by Crippen LogP contribution is 2.32. The molecular weight excluding hydrogens is 755 g/mol. The molecule has 308 valence electrons. The number of carboxylic acids is 3. The second-order valence-corrected chi connectivity index (χ2v) is 12.7. The molecule has 0 aliphatic carbocycles. The molecule has 0 saturated carbocycles. The summed E-state index contributed by atoms with van der Waals surface area (Å²) in [6.07, 6.45) is 0.239. The van der Waals surface area contributed by atoms with Crippen molar-refractivity contribution in [2.24, 2.45) is 5.92 Å². The lowest BCUT2D eigenvalue weighted by Crippen LogP contribution is -2.49. The Bertz CT molecular complexity index is 1900. The number of nitrogens with zero attached hydrogens (tertiary/aromatic N) is 1. The number of carbonyl (C=O) groups excluding carboxylic acids is 4. The molecule has 0 saturated heterocycles. The highest BCUT2D eigenvalue weighted by molar-refractivity contribution is 5.93. The number of nitrogens with one attached hydrogen (secondary N) is 3. The number of halogens is 1. The van der Waals surface area contributed by atoms with Crippen molar-refractivity contribution in [3.63, 3.8) is 0 Å². The van der Waals surface area contributed by atoms with Crippen LogP contribution in [0.3, 0.4) is 0 Å². The van der Waals surface area contributed by atoms with Gasteiger partial charge in [-0.05, 0) is 49.6 Å². The van der Waals surface area contributed by atoms with E-state index < -0.39 is 78.8 Å². The summed E-state index contributed by atoms with van der Waals surface area (Å²) >= 11 is 0. The van der Waals surface area contributed by atoms with Gasteiger partial charge in [-0.3, -0.25) is 29.3 Å². The van der Waals surface area contributed by atoms with Gasteiger partial charge in [0.2, 0.25) is 12.3 Å². The number of hydroxylamine groups is 2. The Hall–Kier alpha value is -6.34. The van der Waals surface area contributed by atoms with Gasteiger partial charge in [-0.15, -0.1) is 0 Å². The first-order valence-electron chi connectivity index (χ1n) is 17.9. The summed E-state index contributed by atoms with van der Waals surface area (Å²) in [5.41, 5.74) is 0.0602. The molecule has 7 N–H and O–H groups in total. The van der Waals surface area contributed by atoms with Gasteiger partial charge in [0.15, 0.2) is 12.4 Å². The van der Waals surface area contributed by atoms with Gasteiger partial charge in [0, 0.05) is 11.1 Å². The third kappa shape index (κ3) is 12.9. The van der Waals surface area contributed by atoms with Crippen molar-refractivity contribution in [3.05, 3.63) is 76.8 Å². The fraction of sp³-hybridized carbons (Fsp3) is 0.395. The van der Waals surface area contributed by atoms with Crippen LogP contribution >= 0.6 is 0 Å². The Labute approximate surface area is 325 Å². The summed E-state index contributed by atoms with van der Waals surface area (Å²) in [6, 6.07) is 8.00. The van der Waals surface area contributed by atoms with E-state index in [0.717, 1.165) is 18.9 Å². The predicted molar refractivity (Wildman–Crippen MR) is 196 cm³/mol. The Morgan fingerprint density at radius 3 is 2.32 bits per heavy atom. The maximum atomic E-state index is 14.5. The van der Waals surface area contributed by atoms with Crippen molar-refractivity contribution in [1.29, 1.82) is 0 Å². The van der Waals surface area contributed by atoms with Gasteiger partial charge in [-0.1, -0.05) is 57.4 Å². The number of aryl methyl sites for hydroxylation is 1. The number of benzene rings is 2. The molecule has 2 aromatic carbocycles. The molecule has 0 fully saturated rings. The third-order valence-corrected chi connectivity index (χ3v) is 8.70. The number of hydrogen-bond acceptors (Lipinski definition) is 12. The molecule has 0 spiro atoms. The van der Waals surface area contributed by atoms with Crippen molar-refractivity contribution in [2.45, 2.75) is 77.6 Å². The largest absolute Gasteiger partial charge is 0.481 e. The molecule has 3 aromatic rings. The average Bonchev–Trinajstić information content (AvgIpc) is 3.66. The van der Waals surface area contributed by atoms with Crippen LogP contribution < -0.4 is 20.7 Å². The van der Waals surface area contributed by atoms with E-state index >= 15 is 0 Å². The predicted octanol–water partition coefficient (Wildman–Crippen LogP) is 3.37. The van der Waals surface area contributed by atoms with E-state index in [2.05, 4.69) is 16.0 Å². The molecular formula is C38H45FN4O14. The van der Waals surface area contributed by atoms with Gasteiger partial charge < -0.3 is 45.1 Å². The minimum Gasteiger partial charge on any atom is -0.481 e. The zero-order valence-corrected chi connectivity index (χ0v) is 31.4. The maximum absolute atomic E-state index is 14.5. The van der Waals surface area contributed by atoms with Gasteiger partial charge in [0.25, 0.3) is 5.91 Å². The number of amides is 3. The van der Waals surface area contributed by atoms with E-state index in [0.29, 0.717) is 23.5 Å². The number of ether oxygens (including phenoxy) is 1. The van der Waals surface area contributed by atoms with E-state index in [4.69, 9.17) is 24.2 Å². The van der Waals surface area contributed by atoms with Crippen LogP contribution in [0.4, 0.5) is 4.39 Å². The second kappa shape index (κ2) is 21.7. The normalized spacial score (nSPS) is 13.0. The molecule has 1 aromatic heterocycles. The van der Waals surface area contributed by atoms with Crippen LogP contribution in [0.5, 0.6) is 5.75 Å².